The fraction of sp³-hybridized carbons (Fsp3) is 0.407. The van der Waals surface area contributed by atoms with Gasteiger partial charge in [-0.1, -0.05) is 73.1 Å². The first-order chi connectivity index (χ1) is 34.1. The third-order valence-electron chi connectivity index (χ3n) is 13.0. The number of hydrogen-bond donors (Lipinski definition) is 3. The van der Waals surface area contributed by atoms with E-state index in [-0.39, 0.29) is 31.5 Å². The van der Waals surface area contributed by atoms with E-state index in [2.05, 4.69) is 53.5 Å². The third-order valence-corrected chi connectivity index (χ3v) is 15.7. The molecule has 2 aliphatic heterocycles. The Morgan fingerprint density at radius 3 is 2.13 bits per heavy atom. The Bertz CT molecular complexity index is 2750. The van der Waals surface area contributed by atoms with Crippen LogP contribution in [-0.4, -0.2) is 133 Å². The molecule has 4 heterocycles. The number of fused-ring (bicyclic) bond motifs is 1. The van der Waals surface area contributed by atoms with Crippen molar-refractivity contribution in [2.75, 3.05) is 72.7 Å². The van der Waals surface area contributed by atoms with Crippen LogP contribution in [0.2, 0.25) is 0 Å². The number of thiazole rings is 1. The molecule has 8 rings (SSSR count). The fourth-order valence-electron chi connectivity index (χ4n) is 8.90. The number of carbonyl (C=O) groups is 3. The summed E-state index contributed by atoms with van der Waals surface area (Å²) in [7, 11) is 1.67. The number of likely N-dealkylation sites (tertiary alicyclic amines) is 1. The van der Waals surface area contributed by atoms with Gasteiger partial charge in [-0.25, -0.2) is 4.98 Å². The first kappa shape index (κ1) is 51.9. The van der Waals surface area contributed by atoms with Crippen molar-refractivity contribution in [3.63, 3.8) is 0 Å². The Labute approximate surface area is 432 Å². The van der Waals surface area contributed by atoms with Gasteiger partial charge in [-0.2, -0.15) is 0 Å². The van der Waals surface area contributed by atoms with E-state index in [4.69, 9.17) is 18.9 Å². The number of rotatable bonds is 19. The maximum atomic E-state index is 14.1. The van der Waals surface area contributed by atoms with Gasteiger partial charge in [0.15, 0.2) is 5.75 Å². The van der Waals surface area contributed by atoms with Crippen LogP contribution in [-0.2, 0) is 19.1 Å². The van der Waals surface area contributed by atoms with Gasteiger partial charge in [0.25, 0.3) is 0 Å². The van der Waals surface area contributed by atoms with Crippen molar-refractivity contribution in [1.82, 2.24) is 30.3 Å². The summed E-state index contributed by atoms with van der Waals surface area (Å²) in [4.78, 5) is 53.7. The Kier molecular flexibility index (Phi) is 17.1. The van der Waals surface area contributed by atoms with E-state index in [1.807, 2.05) is 119 Å². The number of aliphatic hydroxyl groups is 1. The lowest BCUT2D eigenvalue weighted by atomic mass is 9.85. The molecule has 2 aromatic heterocycles. The Balaban J connectivity index is 0.743. The molecule has 17 heteroatoms. The summed E-state index contributed by atoms with van der Waals surface area (Å²) in [5.74, 6) is 1.92. The third kappa shape index (κ3) is 13.2. The number of piperazine rings is 1. The molecule has 71 heavy (non-hydrogen) atoms. The topological polar surface area (TPSA) is 155 Å². The summed E-state index contributed by atoms with van der Waals surface area (Å²) >= 11 is 6.80. The maximum Gasteiger partial charge on any atom is 0.246 e. The van der Waals surface area contributed by atoms with Gasteiger partial charge in [-0.3, -0.25) is 24.2 Å². The van der Waals surface area contributed by atoms with E-state index in [1.165, 1.54) is 4.90 Å². The van der Waals surface area contributed by atoms with Crippen LogP contribution in [0.4, 0.5) is 0 Å². The van der Waals surface area contributed by atoms with Gasteiger partial charge in [0.1, 0.15) is 42.5 Å². The first-order valence-electron chi connectivity index (χ1n) is 24.0. The number of halogens is 1. The summed E-state index contributed by atoms with van der Waals surface area (Å²) in [6, 6.07) is 27.8. The monoisotopic (exact) mass is 1070 g/mol. The SMILES string of the molecule is COc1ccc2c(Oc3ccc(OCCN4CCN(CCOCC(=O)NC(C(=O)N5C[C@H](O)C[C@H]5C(=O)N[C@@H](C)c5ccc(-c6scnc6C)cc5)C(C)(C)C)CC4)cc3)c(-c3ccc(Br)cc3)sc2c1. The molecule has 0 saturated carbocycles. The number of nitrogens with one attached hydrogen (secondary N) is 2. The van der Waals surface area contributed by atoms with Gasteiger partial charge >= 0.3 is 0 Å². The minimum Gasteiger partial charge on any atom is -0.497 e. The lowest BCUT2D eigenvalue weighted by molar-refractivity contribution is -0.144. The number of β-amino-alcohol motifs (C(OH)–C–C–N with tert-alkyl or cyclic N) is 1. The normalized spacial score (nSPS) is 17.5. The van der Waals surface area contributed by atoms with Crippen molar-refractivity contribution in [3.05, 3.63) is 112 Å². The molecule has 376 valence electrons. The van der Waals surface area contributed by atoms with Crippen molar-refractivity contribution in [1.29, 1.82) is 0 Å². The zero-order chi connectivity index (χ0) is 50.2. The van der Waals surface area contributed by atoms with Crippen LogP contribution in [0.15, 0.2) is 101 Å². The number of aryl methyl sites for hydroxylation is 1. The largest absolute Gasteiger partial charge is 0.497 e. The van der Waals surface area contributed by atoms with Crippen LogP contribution in [0.5, 0.6) is 23.0 Å². The van der Waals surface area contributed by atoms with E-state index < -0.39 is 35.4 Å². The second kappa shape index (κ2) is 23.4. The zero-order valence-electron chi connectivity index (χ0n) is 41.1. The van der Waals surface area contributed by atoms with Crippen molar-refractivity contribution < 1.29 is 38.4 Å². The van der Waals surface area contributed by atoms with Crippen molar-refractivity contribution in [3.8, 4) is 43.9 Å². The van der Waals surface area contributed by atoms with Crippen molar-refractivity contribution in [2.45, 2.75) is 65.3 Å². The molecule has 14 nitrogen and oxygen atoms in total. The van der Waals surface area contributed by atoms with E-state index in [9.17, 15) is 19.5 Å². The van der Waals surface area contributed by atoms with Crippen LogP contribution >= 0.6 is 38.6 Å². The number of aromatic nitrogens is 1. The number of carbonyl (C=O) groups excluding carboxylic acids is 3. The number of nitrogens with zero attached hydrogens (tertiary/aromatic N) is 4. The molecule has 4 aromatic carbocycles. The van der Waals surface area contributed by atoms with Crippen LogP contribution in [0.25, 0.3) is 31.0 Å². The Morgan fingerprint density at radius 1 is 0.845 bits per heavy atom. The van der Waals surface area contributed by atoms with Gasteiger partial charge < -0.3 is 39.6 Å². The number of thiophene rings is 1. The van der Waals surface area contributed by atoms with Gasteiger partial charge in [-0.05, 0) is 90.6 Å². The molecule has 0 aliphatic carbocycles. The van der Waals surface area contributed by atoms with Crippen molar-refractivity contribution >= 4 is 66.4 Å². The average Bonchev–Trinajstić information content (AvgIpc) is 4.08. The number of methoxy groups -OCH3 is 1. The predicted molar refractivity (Wildman–Crippen MR) is 284 cm³/mol. The van der Waals surface area contributed by atoms with E-state index in [0.29, 0.717) is 19.8 Å². The summed E-state index contributed by atoms with van der Waals surface area (Å²) in [6.07, 6.45) is -0.757. The quantitative estimate of drug-likeness (QED) is 0.0667. The molecule has 2 saturated heterocycles. The lowest BCUT2D eigenvalue weighted by Gasteiger charge is -2.35. The summed E-state index contributed by atoms with van der Waals surface area (Å²) in [5.41, 5.74) is 5.15. The van der Waals surface area contributed by atoms with E-state index in [1.54, 1.807) is 29.8 Å². The van der Waals surface area contributed by atoms with Crippen molar-refractivity contribution in [2.24, 2.45) is 5.41 Å². The zero-order valence-corrected chi connectivity index (χ0v) is 44.3. The molecular weight excluding hydrogens is 1000 g/mol. The maximum absolute atomic E-state index is 14.1. The molecule has 2 aliphatic rings. The molecule has 0 bridgehead atoms. The number of benzene rings is 4. The first-order valence-corrected chi connectivity index (χ1v) is 26.5. The highest BCUT2D eigenvalue weighted by atomic mass is 79.9. The van der Waals surface area contributed by atoms with Gasteiger partial charge in [-0.15, -0.1) is 22.7 Å². The van der Waals surface area contributed by atoms with Gasteiger partial charge in [0, 0.05) is 66.8 Å². The molecule has 1 unspecified atom stereocenters. The summed E-state index contributed by atoms with van der Waals surface area (Å²) in [6.45, 7) is 15.1. The highest BCUT2D eigenvalue weighted by Crippen LogP contribution is 2.47. The summed E-state index contributed by atoms with van der Waals surface area (Å²) in [5, 5.41) is 17.6. The number of ether oxygens (including phenoxy) is 4. The Morgan fingerprint density at radius 2 is 1.48 bits per heavy atom. The van der Waals surface area contributed by atoms with E-state index >= 15 is 0 Å². The molecule has 2 fully saturated rings. The van der Waals surface area contributed by atoms with Crippen LogP contribution in [0.1, 0.15) is 51.4 Å². The predicted octanol–water partition coefficient (Wildman–Crippen LogP) is 8.95. The average molecular weight is 1070 g/mol. The molecule has 0 spiro atoms. The second-order valence-electron chi connectivity index (χ2n) is 19.2. The smallest absolute Gasteiger partial charge is 0.246 e. The standard InChI is InChI=1S/C54H63BrN6O8S2/c1-34(36-7-9-37(10-8-36)49-35(2)56-33-70-49)57-52(64)45-29-40(62)31-61(45)53(65)51(54(3,4)5)58-47(63)32-67-27-25-59-21-23-60(24-22-59)26-28-68-41-15-17-42(18-16-41)69-48-44-20-19-43(66-6)30-46(44)71-50(48)38-11-13-39(55)14-12-38/h7-20,30,33-34,40,45,51,62H,21-29,31-32H2,1-6H3,(H,57,64)(H,58,63)/t34-,40+,45-,51?/m0/s1. The number of amides is 3. The molecule has 3 amide bonds. The second-order valence-corrected chi connectivity index (χ2v) is 22.0. The molecule has 3 N–H and O–H groups in total. The Hall–Kier alpha value is -5.40. The summed E-state index contributed by atoms with van der Waals surface area (Å²) < 4.78 is 26.1. The number of aliphatic hydroxyl groups excluding tert-OH is 1. The minimum absolute atomic E-state index is 0.00119. The van der Waals surface area contributed by atoms with Gasteiger partial charge in [0.05, 0.1) is 46.8 Å². The molecule has 4 atom stereocenters. The molecular formula is C54H63BrN6O8S2. The van der Waals surface area contributed by atoms with Crippen LogP contribution < -0.4 is 24.8 Å². The minimum atomic E-state index is -0.940. The van der Waals surface area contributed by atoms with E-state index in [0.717, 1.165) is 102 Å². The van der Waals surface area contributed by atoms with Crippen LogP contribution in [0.3, 0.4) is 0 Å². The van der Waals surface area contributed by atoms with Crippen LogP contribution in [0, 0.1) is 12.3 Å². The highest BCUT2D eigenvalue weighted by molar-refractivity contribution is 9.10. The fourth-order valence-corrected chi connectivity index (χ4v) is 11.1. The molecule has 6 aromatic rings. The number of hydrogen-bond acceptors (Lipinski definition) is 13. The highest BCUT2D eigenvalue weighted by Gasteiger charge is 2.44. The lowest BCUT2D eigenvalue weighted by Crippen LogP contribution is -2.58. The van der Waals surface area contributed by atoms with Gasteiger partial charge in [0.2, 0.25) is 17.7 Å². The molecule has 0 radical (unpaired) electrons.